The summed E-state index contributed by atoms with van der Waals surface area (Å²) in [5, 5.41) is 6.37. The first-order valence-electron chi connectivity index (χ1n) is 13.4. The second-order valence-corrected chi connectivity index (χ2v) is 10.5. The van der Waals surface area contributed by atoms with E-state index in [1.165, 1.54) is 10.5 Å². The Morgan fingerprint density at radius 2 is 0.975 bits per heavy atom. The number of unbranched alkanes of at least 4 members (excludes halogenated alkanes) is 1. The van der Waals surface area contributed by atoms with Crippen LogP contribution in [-0.4, -0.2) is 35.2 Å². The van der Waals surface area contributed by atoms with Crippen LogP contribution in [0.25, 0.3) is 43.1 Å². The molecule has 2 amide bonds. The Kier molecular flexibility index (Phi) is 4.68. The Balaban J connectivity index is 1.27. The van der Waals surface area contributed by atoms with Crippen LogP contribution in [0.4, 0.5) is 0 Å². The zero-order chi connectivity index (χ0) is 27.1. The van der Waals surface area contributed by atoms with Gasteiger partial charge < -0.3 is 4.74 Å². The molecular weight excluding hydrogens is 502 g/mol. The molecule has 0 bridgehead atoms. The maximum atomic E-state index is 13.7. The Morgan fingerprint density at radius 1 is 0.500 bits per heavy atom. The van der Waals surface area contributed by atoms with Gasteiger partial charge in [-0.1, -0.05) is 54.6 Å². The molecule has 2 aliphatic heterocycles. The summed E-state index contributed by atoms with van der Waals surface area (Å²) < 4.78 is 4.95. The molecule has 0 aromatic heterocycles. The summed E-state index contributed by atoms with van der Waals surface area (Å²) in [7, 11) is 0. The molecular formula is C34H21NO5. The van der Waals surface area contributed by atoms with Crippen LogP contribution >= 0.6 is 0 Å². The Labute approximate surface area is 228 Å². The van der Waals surface area contributed by atoms with E-state index in [4.69, 9.17) is 4.74 Å². The predicted molar refractivity (Wildman–Crippen MR) is 152 cm³/mol. The van der Waals surface area contributed by atoms with Crippen molar-refractivity contribution < 1.29 is 23.9 Å². The standard InChI is InChI=1S/C34H21NO5/c36-31-23-13-9-19-21-11-15-25-30-26(34(39)40-33(25)38)16-12-22(28(21)30)20-10-14-24(29(23)27(19)20)32(37)35(31)17-5-4-8-18-6-2-1-3-7-18/h1-3,6-7,9-16H,4-5,8,17H2. The molecule has 0 fully saturated rings. The van der Waals surface area contributed by atoms with Crippen LogP contribution in [0.1, 0.15) is 59.8 Å². The molecule has 6 nitrogen and oxygen atoms in total. The number of amides is 2. The highest BCUT2D eigenvalue weighted by atomic mass is 16.6. The number of esters is 2. The topological polar surface area (TPSA) is 80.8 Å². The fourth-order valence-corrected chi connectivity index (χ4v) is 6.61. The molecule has 0 radical (unpaired) electrons. The smallest absolute Gasteiger partial charge is 0.346 e. The van der Waals surface area contributed by atoms with Crippen LogP contribution in [0.15, 0.2) is 78.9 Å². The van der Waals surface area contributed by atoms with Gasteiger partial charge >= 0.3 is 11.9 Å². The van der Waals surface area contributed by atoms with E-state index < -0.39 is 11.9 Å². The van der Waals surface area contributed by atoms with E-state index in [0.717, 1.165) is 51.6 Å². The van der Waals surface area contributed by atoms with Crippen LogP contribution in [0, 0.1) is 0 Å². The molecule has 40 heavy (non-hydrogen) atoms. The van der Waals surface area contributed by atoms with Crippen molar-refractivity contribution in [3.05, 3.63) is 107 Å². The van der Waals surface area contributed by atoms with Crippen LogP contribution in [0.5, 0.6) is 0 Å². The number of fused-ring (bicyclic) bond motifs is 2. The molecule has 8 rings (SSSR count). The number of hydrogen-bond donors (Lipinski definition) is 0. The van der Waals surface area contributed by atoms with Gasteiger partial charge in [0.1, 0.15) is 0 Å². The maximum Gasteiger partial charge on any atom is 0.346 e. The van der Waals surface area contributed by atoms with E-state index in [1.807, 2.05) is 42.5 Å². The Morgan fingerprint density at radius 3 is 1.50 bits per heavy atom. The number of benzene rings is 6. The minimum Gasteiger partial charge on any atom is -0.386 e. The third-order valence-electron chi connectivity index (χ3n) is 8.42. The number of carbonyl (C=O) groups is 4. The van der Waals surface area contributed by atoms with Gasteiger partial charge in [0.05, 0.1) is 11.1 Å². The van der Waals surface area contributed by atoms with Crippen molar-refractivity contribution in [2.24, 2.45) is 0 Å². The molecule has 2 heterocycles. The van der Waals surface area contributed by atoms with Gasteiger partial charge in [0.15, 0.2) is 0 Å². The van der Waals surface area contributed by atoms with E-state index >= 15 is 0 Å². The lowest BCUT2D eigenvalue weighted by molar-refractivity contribution is 0.0390. The van der Waals surface area contributed by atoms with Gasteiger partial charge in [-0.05, 0) is 81.4 Å². The number of ether oxygens (including phenoxy) is 1. The molecule has 2 aliphatic rings. The van der Waals surface area contributed by atoms with E-state index in [0.29, 0.717) is 39.6 Å². The van der Waals surface area contributed by atoms with Gasteiger partial charge in [-0.25, -0.2) is 9.59 Å². The largest absolute Gasteiger partial charge is 0.386 e. The van der Waals surface area contributed by atoms with E-state index in [-0.39, 0.29) is 11.8 Å². The van der Waals surface area contributed by atoms with Gasteiger partial charge in [0.2, 0.25) is 0 Å². The summed E-state index contributed by atoms with van der Waals surface area (Å²) in [6, 6.07) is 24.7. The van der Waals surface area contributed by atoms with Gasteiger partial charge in [-0.3, -0.25) is 14.5 Å². The number of imide groups is 1. The number of nitrogens with zero attached hydrogens (tertiary/aromatic N) is 1. The molecule has 0 atom stereocenters. The van der Waals surface area contributed by atoms with Crippen molar-refractivity contribution in [2.75, 3.05) is 6.54 Å². The van der Waals surface area contributed by atoms with Gasteiger partial charge in [-0.2, -0.15) is 0 Å². The molecule has 0 saturated heterocycles. The van der Waals surface area contributed by atoms with Crippen molar-refractivity contribution in [3.63, 3.8) is 0 Å². The summed E-state index contributed by atoms with van der Waals surface area (Å²) >= 11 is 0. The third kappa shape index (κ3) is 2.99. The van der Waals surface area contributed by atoms with Crippen LogP contribution in [-0.2, 0) is 11.2 Å². The second kappa shape index (κ2) is 8.20. The monoisotopic (exact) mass is 523 g/mol. The fourth-order valence-electron chi connectivity index (χ4n) is 6.61. The van der Waals surface area contributed by atoms with Crippen molar-refractivity contribution in [3.8, 4) is 0 Å². The number of aryl methyl sites for hydroxylation is 1. The molecule has 0 spiro atoms. The molecule has 0 aliphatic carbocycles. The summed E-state index contributed by atoms with van der Waals surface area (Å²) in [6.07, 6.45) is 2.50. The summed E-state index contributed by atoms with van der Waals surface area (Å²) in [6.45, 7) is 0.368. The molecule has 0 saturated carbocycles. The van der Waals surface area contributed by atoms with Crippen molar-refractivity contribution in [2.45, 2.75) is 19.3 Å². The normalized spacial score (nSPS) is 14.8. The Hall–Kier alpha value is -5.10. The maximum absolute atomic E-state index is 13.7. The lowest BCUT2D eigenvalue weighted by atomic mass is 9.83. The first-order valence-corrected chi connectivity index (χ1v) is 13.4. The second-order valence-electron chi connectivity index (χ2n) is 10.5. The van der Waals surface area contributed by atoms with Crippen molar-refractivity contribution >= 4 is 66.8 Å². The predicted octanol–water partition coefficient (Wildman–Crippen LogP) is 6.67. The zero-order valence-electron chi connectivity index (χ0n) is 21.3. The summed E-state index contributed by atoms with van der Waals surface area (Å²) in [4.78, 5) is 53.8. The molecule has 0 N–H and O–H groups in total. The quantitative estimate of drug-likeness (QED) is 0.0630. The van der Waals surface area contributed by atoms with Gasteiger partial charge in [-0.15, -0.1) is 0 Å². The van der Waals surface area contributed by atoms with Crippen LogP contribution in [0.3, 0.4) is 0 Å². The Bertz CT molecular complexity index is 1990. The average Bonchev–Trinajstić information content (AvgIpc) is 2.98. The van der Waals surface area contributed by atoms with Crippen LogP contribution < -0.4 is 0 Å². The third-order valence-corrected chi connectivity index (χ3v) is 8.42. The SMILES string of the molecule is O=C1OC(=O)c2ccc3c4ccc5c6c(ccc(c7ccc1c2c73)c64)C(=O)N(CCCCc1ccccc1)C5=O. The summed E-state index contributed by atoms with van der Waals surface area (Å²) in [5.41, 5.74) is 3.00. The number of rotatable bonds is 5. The highest BCUT2D eigenvalue weighted by Gasteiger charge is 2.35. The molecule has 6 heteroatoms. The highest BCUT2D eigenvalue weighted by molar-refractivity contribution is 6.40. The molecule has 0 unspecified atom stereocenters. The van der Waals surface area contributed by atoms with Crippen LogP contribution in [0.2, 0.25) is 0 Å². The lowest BCUT2D eigenvalue weighted by Gasteiger charge is -2.29. The first-order chi connectivity index (χ1) is 19.5. The molecule has 6 aromatic carbocycles. The van der Waals surface area contributed by atoms with E-state index in [1.54, 1.807) is 24.3 Å². The lowest BCUT2D eigenvalue weighted by Crippen LogP contribution is -2.40. The minimum atomic E-state index is -0.655. The van der Waals surface area contributed by atoms with Crippen molar-refractivity contribution in [1.82, 2.24) is 4.90 Å². The van der Waals surface area contributed by atoms with E-state index in [2.05, 4.69) is 12.1 Å². The molecule has 192 valence electrons. The first kappa shape index (κ1) is 22.8. The number of hydrogen-bond acceptors (Lipinski definition) is 5. The average molecular weight is 524 g/mol. The van der Waals surface area contributed by atoms with E-state index in [9.17, 15) is 19.2 Å². The number of cyclic esters (lactones) is 2. The zero-order valence-corrected chi connectivity index (χ0v) is 21.3. The highest BCUT2D eigenvalue weighted by Crippen LogP contribution is 2.45. The summed E-state index contributed by atoms with van der Waals surface area (Å²) in [5.74, 6) is -1.86. The number of carbonyl (C=O) groups excluding carboxylic acids is 4. The molecule has 6 aromatic rings. The fraction of sp³-hybridized carbons (Fsp3) is 0.118. The van der Waals surface area contributed by atoms with Crippen molar-refractivity contribution in [1.29, 1.82) is 0 Å². The van der Waals surface area contributed by atoms with Gasteiger partial charge in [0, 0.05) is 28.4 Å². The van der Waals surface area contributed by atoms with Gasteiger partial charge in [0.25, 0.3) is 11.8 Å². The minimum absolute atomic E-state index is 0.273.